The fourth-order valence-electron chi connectivity index (χ4n) is 0.932. The SMILES string of the molecule is NCc1cc(F)c(OC(F)F)c(F)c1. The van der Waals surface area contributed by atoms with Gasteiger partial charge in [0.05, 0.1) is 0 Å². The van der Waals surface area contributed by atoms with Gasteiger partial charge in [-0.3, -0.25) is 0 Å². The minimum Gasteiger partial charge on any atom is -0.429 e. The molecule has 0 spiro atoms. The van der Waals surface area contributed by atoms with Gasteiger partial charge in [0.1, 0.15) is 0 Å². The van der Waals surface area contributed by atoms with Crippen LogP contribution in [0.3, 0.4) is 0 Å². The van der Waals surface area contributed by atoms with Gasteiger partial charge in [0.15, 0.2) is 17.4 Å². The molecule has 0 atom stereocenters. The normalized spacial score (nSPS) is 10.7. The number of ether oxygens (including phenoxy) is 1. The number of nitrogens with two attached hydrogens (primary N) is 1. The lowest BCUT2D eigenvalue weighted by atomic mass is 10.2. The molecule has 78 valence electrons. The molecule has 0 saturated heterocycles. The van der Waals surface area contributed by atoms with Crippen molar-refractivity contribution in [1.82, 2.24) is 0 Å². The molecule has 2 N–H and O–H groups in total. The number of benzene rings is 1. The van der Waals surface area contributed by atoms with Gasteiger partial charge in [-0.2, -0.15) is 8.78 Å². The molecule has 0 aliphatic rings. The molecule has 0 heterocycles. The first-order valence-electron chi connectivity index (χ1n) is 3.67. The van der Waals surface area contributed by atoms with E-state index in [4.69, 9.17) is 5.73 Å². The van der Waals surface area contributed by atoms with E-state index in [0.29, 0.717) is 0 Å². The van der Waals surface area contributed by atoms with E-state index in [1.165, 1.54) is 0 Å². The molecule has 0 unspecified atom stereocenters. The highest BCUT2D eigenvalue weighted by molar-refractivity contribution is 5.31. The fraction of sp³-hybridized carbons (Fsp3) is 0.250. The summed E-state index contributed by atoms with van der Waals surface area (Å²) in [6.07, 6.45) is 0. The Morgan fingerprint density at radius 2 is 1.71 bits per heavy atom. The molecule has 0 bridgehead atoms. The topological polar surface area (TPSA) is 35.2 Å². The molecule has 6 heteroatoms. The molecule has 0 aliphatic heterocycles. The Morgan fingerprint density at radius 3 is 2.07 bits per heavy atom. The molecular weight excluding hydrogens is 202 g/mol. The Hall–Kier alpha value is -1.30. The van der Waals surface area contributed by atoms with Crippen LogP contribution in [0.2, 0.25) is 0 Å². The van der Waals surface area contributed by atoms with Crippen molar-refractivity contribution in [3.8, 4) is 5.75 Å². The Balaban J connectivity index is 3.05. The van der Waals surface area contributed by atoms with Gasteiger partial charge >= 0.3 is 6.61 Å². The predicted molar refractivity (Wildman–Crippen MR) is 40.9 cm³/mol. The van der Waals surface area contributed by atoms with Crippen molar-refractivity contribution in [2.45, 2.75) is 13.2 Å². The highest BCUT2D eigenvalue weighted by Gasteiger charge is 2.16. The quantitative estimate of drug-likeness (QED) is 0.773. The van der Waals surface area contributed by atoms with Crippen molar-refractivity contribution in [1.29, 1.82) is 0 Å². The molecule has 0 saturated carbocycles. The Bertz CT molecular complexity index is 306. The van der Waals surface area contributed by atoms with E-state index in [0.717, 1.165) is 12.1 Å². The summed E-state index contributed by atoms with van der Waals surface area (Å²) in [7, 11) is 0. The van der Waals surface area contributed by atoms with Crippen molar-refractivity contribution < 1.29 is 22.3 Å². The van der Waals surface area contributed by atoms with Crippen molar-refractivity contribution in [2.75, 3.05) is 0 Å². The third-order valence-electron chi connectivity index (χ3n) is 1.50. The first kappa shape index (κ1) is 10.8. The Kier molecular flexibility index (Phi) is 3.29. The minimum atomic E-state index is -3.26. The van der Waals surface area contributed by atoms with Crippen LogP contribution in [0.4, 0.5) is 17.6 Å². The maximum absolute atomic E-state index is 12.9. The van der Waals surface area contributed by atoms with Crippen LogP contribution in [0.15, 0.2) is 12.1 Å². The molecule has 0 aliphatic carbocycles. The number of hydrogen-bond donors (Lipinski definition) is 1. The third kappa shape index (κ3) is 2.35. The number of rotatable bonds is 3. The second kappa shape index (κ2) is 4.28. The van der Waals surface area contributed by atoms with Crippen LogP contribution in [0.1, 0.15) is 5.56 Å². The van der Waals surface area contributed by atoms with Gasteiger partial charge in [-0.25, -0.2) is 8.78 Å². The summed E-state index contributed by atoms with van der Waals surface area (Å²) in [5.41, 5.74) is 5.28. The summed E-state index contributed by atoms with van der Waals surface area (Å²) in [5, 5.41) is 0. The lowest BCUT2D eigenvalue weighted by Gasteiger charge is -2.07. The molecule has 0 aromatic heterocycles. The first-order chi connectivity index (χ1) is 6.54. The minimum absolute atomic E-state index is 0.0806. The van der Waals surface area contributed by atoms with Gasteiger partial charge in [-0.15, -0.1) is 0 Å². The third-order valence-corrected chi connectivity index (χ3v) is 1.50. The standard InChI is InChI=1S/C8H7F4NO/c9-5-1-4(3-13)2-6(10)7(5)14-8(11)12/h1-2,8H,3,13H2. The van der Waals surface area contributed by atoms with Crippen molar-refractivity contribution in [3.63, 3.8) is 0 Å². The zero-order valence-electron chi connectivity index (χ0n) is 6.94. The maximum atomic E-state index is 12.9. The van der Waals surface area contributed by atoms with E-state index in [-0.39, 0.29) is 12.1 Å². The van der Waals surface area contributed by atoms with Crippen LogP contribution >= 0.6 is 0 Å². The van der Waals surface area contributed by atoms with Crippen molar-refractivity contribution in [3.05, 3.63) is 29.3 Å². The lowest BCUT2D eigenvalue weighted by molar-refractivity contribution is -0.0546. The molecule has 2 nitrogen and oxygen atoms in total. The zero-order chi connectivity index (χ0) is 10.7. The van der Waals surface area contributed by atoms with Gasteiger partial charge in [-0.05, 0) is 17.7 Å². The molecular formula is C8H7F4NO. The van der Waals surface area contributed by atoms with Crippen LogP contribution in [0.5, 0.6) is 5.75 Å². The molecule has 0 radical (unpaired) electrons. The average Bonchev–Trinajstić information content (AvgIpc) is 2.10. The molecule has 1 aromatic rings. The van der Waals surface area contributed by atoms with Gasteiger partial charge in [0, 0.05) is 6.54 Å². The summed E-state index contributed by atoms with van der Waals surface area (Å²) in [6.45, 7) is -3.34. The second-order valence-electron chi connectivity index (χ2n) is 2.47. The summed E-state index contributed by atoms with van der Waals surface area (Å²) in [4.78, 5) is 0. The van der Waals surface area contributed by atoms with Crippen LogP contribution in [-0.4, -0.2) is 6.61 Å². The highest BCUT2D eigenvalue weighted by atomic mass is 19.3. The van der Waals surface area contributed by atoms with Gasteiger partial charge in [-0.1, -0.05) is 0 Å². The second-order valence-corrected chi connectivity index (χ2v) is 2.47. The summed E-state index contributed by atoms with van der Waals surface area (Å²) >= 11 is 0. The van der Waals surface area contributed by atoms with Crippen molar-refractivity contribution in [2.24, 2.45) is 5.73 Å². The predicted octanol–water partition coefficient (Wildman–Crippen LogP) is 2.02. The van der Waals surface area contributed by atoms with Crippen LogP contribution in [0, 0.1) is 11.6 Å². The van der Waals surface area contributed by atoms with E-state index >= 15 is 0 Å². The largest absolute Gasteiger partial charge is 0.429 e. The average molecular weight is 209 g/mol. The molecule has 1 aromatic carbocycles. The molecule has 0 amide bonds. The van der Waals surface area contributed by atoms with Crippen LogP contribution in [0.25, 0.3) is 0 Å². The number of alkyl halides is 2. The van der Waals surface area contributed by atoms with Gasteiger partial charge in [0.2, 0.25) is 0 Å². The van der Waals surface area contributed by atoms with E-state index in [1.807, 2.05) is 0 Å². The number of halogens is 4. The van der Waals surface area contributed by atoms with E-state index in [9.17, 15) is 17.6 Å². The van der Waals surface area contributed by atoms with E-state index in [2.05, 4.69) is 4.74 Å². The van der Waals surface area contributed by atoms with Crippen LogP contribution in [-0.2, 0) is 6.54 Å². The monoisotopic (exact) mass is 209 g/mol. The van der Waals surface area contributed by atoms with Crippen LogP contribution < -0.4 is 10.5 Å². The summed E-state index contributed by atoms with van der Waals surface area (Å²) in [5.74, 6) is -3.46. The summed E-state index contributed by atoms with van der Waals surface area (Å²) in [6, 6.07) is 1.70. The lowest BCUT2D eigenvalue weighted by Crippen LogP contribution is -2.07. The highest BCUT2D eigenvalue weighted by Crippen LogP contribution is 2.24. The van der Waals surface area contributed by atoms with Gasteiger partial charge < -0.3 is 10.5 Å². The van der Waals surface area contributed by atoms with E-state index in [1.54, 1.807) is 0 Å². The summed E-state index contributed by atoms with van der Waals surface area (Å²) < 4.78 is 52.8. The Labute approximate surface area is 77.3 Å². The smallest absolute Gasteiger partial charge is 0.387 e. The molecule has 14 heavy (non-hydrogen) atoms. The molecule has 1 rings (SSSR count). The Morgan fingerprint density at radius 1 is 1.21 bits per heavy atom. The molecule has 0 fully saturated rings. The zero-order valence-corrected chi connectivity index (χ0v) is 6.94. The first-order valence-corrected chi connectivity index (χ1v) is 3.67. The van der Waals surface area contributed by atoms with Crippen molar-refractivity contribution >= 4 is 0 Å². The fourth-order valence-corrected chi connectivity index (χ4v) is 0.932. The van der Waals surface area contributed by atoms with Gasteiger partial charge in [0.25, 0.3) is 0 Å². The maximum Gasteiger partial charge on any atom is 0.387 e. The number of hydrogen-bond acceptors (Lipinski definition) is 2. The van der Waals surface area contributed by atoms with E-state index < -0.39 is 24.0 Å².